The van der Waals surface area contributed by atoms with Gasteiger partial charge in [0.25, 0.3) is 0 Å². The van der Waals surface area contributed by atoms with Crippen molar-refractivity contribution in [1.82, 2.24) is 0 Å². The average molecular weight is 246 g/mol. The number of carboxylic acid groups (broad SMARTS) is 1. The molecule has 0 aromatic heterocycles. The molecule has 2 nitrogen and oxygen atoms in total. The maximum absolute atomic E-state index is 12.5. The lowest BCUT2D eigenvalue weighted by Gasteiger charge is -2.20. The third-order valence-electron chi connectivity index (χ3n) is 2.65. The fourth-order valence-electron chi connectivity index (χ4n) is 1.65. The first-order valence-corrected chi connectivity index (χ1v) is 5.17. The van der Waals surface area contributed by atoms with E-state index in [9.17, 15) is 18.0 Å². The van der Waals surface area contributed by atoms with Gasteiger partial charge in [0, 0.05) is 0 Å². The second-order valence-corrected chi connectivity index (χ2v) is 3.98. The topological polar surface area (TPSA) is 37.3 Å². The number of aliphatic carboxylic acids is 1. The van der Waals surface area contributed by atoms with E-state index < -0.39 is 30.4 Å². The zero-order valence-electron chi connectivity index (χ0n) is 9.24. The Bertz CT molecular complexity index is 373. The van der Waals surface area contributed by atoms with Crippen molar-refractivity contribution >= 4 is 5.97 Å². The Hall–Kier alpha value is -1.52. The Morgan fingerprint density at radius 1 is 1.29 bits per heavy atom. The molecule has 94 valence electrons. The lowest BCUT2D eigenvalue weighted by molar-refractivity contribution is -0.195. The predicted octanol–water partition coefficient (Wildman–Crippen LogP) is 3.44. The Kier molecular flexibility index (Phi) is 4.15. The van der Waals surface area contributed by atoms with Crippen LogP contribution in [0.5, 0.6) is 0 Å². The molecule has 1 rings (SSSR count). The first-order chi connectivity index (χ1) is 7.82. The summed E-state index contributed by atoms with van der Waals surface area (Å²) < 4.78 is 37.4. The normalized spacial score (nSPS) is 15.3. The van der Waals surface area contributed by atoms with Gasteiger partial charge in [0.15, 0.2) is 5.92 Å². The fraction of sp³-hybridized carbons (Fsp3) is 0.417. The van der Waals surface area contributed by atoms with E-state index >= 15 is 0 Å². The minimum atomic E-state index is -4.70. The van der Waals surface area contributed by atoms with Gasteiger partial charge in [-0.15, -0.1) is 0 Å². The number of alkyl halides is 3. The van der Waals surface area contributed by atoms with Crippen LogP contribution in [0.15, 0.2) is 30.3 Å². The van der Waals surface area contributed by atoms with E-state index in [-0.39, 0.29) is 0 Å². The number of benzene rings is 1. The van der Waals surface area contributed by atoms with Gasteiger partial charge in [0.2, 0.25) is 0 Å². The Morgan fingerprint density at radius 2 is 1.82 bits per heavy atom. The molecule has 0 aliphatic rings. The largest absolute Gasteiger partial charge is 0.481 e. The molecule has 1 aromatic rings. The summed E-state index contributed by atoms with van der Waals surface area (Å²) in [6.45, 7) is 1.59. The van der Waals surface area contributed by atoms with Gasteiger partial charge in [-0.1, -0.05) is 37.3 Å². The lowest BCUT2D eigenvalue weighted by atomic mass is 9.90. The summed E-state index contributed by atoms with van der Waals surface area (Å²) in [6, 6.07) is 8.58. The molecule has 0 aliphatic carbocycles. The number of hydrogen-bond donors (Lipinski definition) is 1. The van der Waals surface area contributed by atoms with Crippen LogP contribution in [0.3, 0.4) is 0 Å². The number of halogens is 3. The van der Waals surface area contributed by atoms with Gasteiger partial charge in [-0.3, -0.25) is 4.79 Å². The molecular formula is C12H13F3O2. The van der Waals surface area contributed by atoms with E-state index in [1.54, 1.807) is 37.3 Å². The zero-order chi connectivity index (χ0) is 13.1. The third-order valence-corrected chi connectivity index (χ3v) is 2.65. The molecule has 0 heterocycles. The van der Waals surface area contributed by atoms with Gasteiger partial charge in [-0.2, -0.15) is 13.2 Å². The summed E-state index contributed by atoms with van der Waals surface area (Å²) in [4.78, 5) is 10.6. The van der Waals surface area contributed by atoms with Gasteiger partial charge in [-0.25, -0.2) is 0 Å². The molecule has 2 unspecified atom stereocenters. The van der Waals surface area contributed by atoms with Crippen LogP contribution < -0.4 is 0 Å². The minimum Gasteiger partial charge on any atom is -0.481 e. The third kappa shape index (κ3) is 3.76. The highest BCUT2D eigenvalue weighted by Gasteiger charge is 2.45. The number of rotatable bonds is 4. The minimum absolute atomic E-state index is 0.442. The molecule has 1 aromatic carbocycles. The highest BCUT2D eigenvalue weighted by Crippen LogP contribution is 2.34. The molecule has 17 heavy (non-hydrogen) atoms. The van der Waals surface area contributed by atoms with Gasteiger partial charge >= 0.3 is 12.1 Å². The average Bonchev–Trinajstić information content (AvgIpc) is 2.24. The zero-order valence-corrected chi connectivity index (χ0v) is 9.24. The predicted molar refractivity (Wildman–Crippen MR) is 56.7 cm³/mol. The van der Waals surface area contributed by atoms with E-state index in [0.29, 0.717) is 5.56 Å². The molecule has 0 spiro atoms. The van der Waals surface area contributed by atoms with E-state index in [0.717, 1.165) is 0 Å². The SMILES string of the molecule is CC(CC(C(=O)O)C(F)(F)F)c1ccccc1. The second kappa shape index (κ2) is 5.21. The van der Waals surface area contributed by atoms with Crippen molar-refractivity contribution in [3.8, 4) is 0 Å². The monoisotopic (exact) mass is 246 g/mol. The van der Waals surface area contributed by atoms with Gasteiger partial charge in [0.1, 0.15) is 0 Å². The first-order valence-electron chi connectivity index (χ1n) is 5.17. The molecule has 0 fully saturated rings. The van der Waals surface area contributed by atoms with Crippen LogP contribution in [0.1, 0.15) is 24.8 Å². The molecule has 0 saturated heterocycles. The molecule has 5 heteroatoms. The molecule has 0 amide bonds. The van der Waals surface area contributed by atoms with Crippen molar-refractivity contribution in [2.24, 2.45) is 5.92 Å². The Balaban J connectivity index is 2.79. The molecule has 0 aliphatic heterocycles. The molecular weight excluding hydrogens is 233 g/mol. The summed E-state index contributed by atoms with van der Waals surface area (Å²) in [5.41, 5.74) is 0.711. The van der Waals surface area contributed by atoms with Crippen LogP contribution in [0, 0.1) is 5.92 Å². The molecule has 0 bridgehead atoms. The number of hydrogen-bond acceptors (Lipinski definition) is 1. The van der Waals surface area contributed by atoms with Crippen molar-refractivity contribution < 1.29 is 23.1 Å². The van der Waals surface area contributed by atoms with Crippen molar-refractivity contribution in [1.29, 1.82) is 0 Å². The molecule has 0 saturated carbocycles. The van der Waals surface area contributed by atoms with E-state index in [1.165, 1.54) is 0 Å². The fourth-order valence-corrected chi connectivity index (χ4v) is 1.65. The van der Waals surface area contributed by atoms with Crippen molar-refractivity contribution in [2.45, 2.75) is 25.4 Å². The maximum atomic E-state index is 12.5. The maximum Gasteiger partial charge on any atom is 0.402 e. The Morgan fingerprint density at radius 3 is 2.24 bits per heavy atom. The second-order valence-electron chi connectivity index (χ2n) is 3.98. The van der Waals surface area contributed by atoms with Crippen LogP contribution in [-0.2, 0) is 4.79 Å². The van der Waals surface area contributed by atoms with Crippen LogP contribution in [-0.4, -0.2) is 17.3 Å². The summed E-state index contributed by atoms with van der Waals surface area (Å²) in [7, 11) is 0. The Labute approximate surface area is 97.1 Å². The summed E-state index contributed by atoms with van der Waals surface area (Å²) in [5.74, 6) is -4.57. The van der Waals surface area contributed by atoms with E-state index in [4.69, 9.17) is 5.11 Å². The molecule has 2 atom stereocenters. The van der Waals surface area contributed by atoms with Gasteiger partial charge < -0.3 is 5.11 Å². The van der Waals surface area contributed by atoms with Crippen LogP contribution in [0.4, 0.5) is 13.2 Å². The number of carbonyl (C=O) groups is 1. The van der Waals surface area contributed by atoms with Crippen LogP contribution in [0.2, 0.25) is 0 Å². The first kappa shape index (κ1) is 13.5. The van der Waals surface area contributed by atoms with E-state index in [1.807, 2.05) is 0 Å². The summed E-state index contributed by atoms with van der Waals surface area (Å²) in [5, 5.41) is 8.58. The van der Waals surface area contributed by atoms with Gasteiger partial charge in [0.05, 0.1) is 0 Å². The lowest BCUT2D eigenvalue weighted by Crippen LogP contribution is -2.31. The van der Waals surface area contributed by atoms with Crippen LogP contribution in [0.25, 0.3) is 0 Å². The van der Waals surface area contributed by atoms with Crippen LogP contribution >= 0.6 is 0 Å². The quantitative estimate of drug-likeness (QED) is 0.883. The van der Waals surface area contributed by atoms with Crippen molar-refractivity contribution in [3.05, 3.63) is 35.9 Å². The summed E-state index contributed by atoms with van der Waals surface area (Å²) in [6.07, 6.45) is -5.14. The summed E-state index contributed by atoms with van der Waals surface area (Å²) >= 11 is 0. The highest BCUT2D eigenvalue weighted by molar-refractivity contribution is 5.71. The van der Waals surface area contributed by atoms with Crippen molar-refractivity contribution in [2.75, 3.05) is 0 Å². The van der Waals surface area contributed by atoms with Crippen molar-refractivity contribution in [3.63, 3.8) is 0 Å². The van der Waals surface area contributed by atoms with E-state index in [2.05, 4.69) is 0 Å². The smallest absolute Gasteiger partial charge is 0.402 e. The standard InChI is InChI=1S/C12H13F3O2/c1-8(9-5-3-2-4-6-9)7-10(11(16)17)12(13,14)15/h2-6,8,10H,7H2,1H3,(H,16,17). The highest BCUT2D eigenvalue weighted by atomic mass is 19.4. The number of carboxylic acids is 1. The molecule has 1 N–H and O–H groups in total. The molecule has 0 radical (unpaired) electrons. The van der Waals surface area contributed by atoms with Gasteiger partial charge in [-0.05, 0) is 17.9 Å².